The van der Waals surface area contributed by atoms with Crippen molar-refractivity contribution in [2.45, 2.75) is 19.4 Å². The summed E-state index contributed by atoms with van der Waals surface area (Å²) in [5, 5.41) is 9.19. The third kappa shape index (κ3) is 6.88. The van der Waals surface area contributed by atoms with Crippen LogP contribution in [0.3, 0.4) is 0 Å². The molecular weight excluding hydrogens is 420 g/mol. The van der Waals surface area contributed by atoms with Gasteiger partial charge in [-0.25, -0.2) is 0 Å². The van der Waals surface area contributed by atoms with Crippen molar-refractivity contribution >= 4 is 27.8 Å². The van der Waals surface area contributed by atoms with Gasteiger partial charge in [0.25, 0.3) is 5.91 Å². The summed E-state index contributed by atoms with van der Waals surface area (Å²) in [6.45, 7) is 3.33. The summed E-state index contributed by atoms with van der Waals surface area (Å²) in [4.78, 5) is 16.0. The van der Waals surface area contributed by atoms with Crippen LogP contribution in [0.15, 0.2) is 58.0 Å². The van der Waals surface area contributed by atoms with Gasteiger partial charge in [0.2, 0.25) is 0 Å². The van der Waals surface area contributed by atoms with Crippen LogP contribution >= 0.6 is 15.9 Å². The molecule has 2 aromatic carbocycles. The van der Waals surface area contributed by atoms with Gasteiger partial charge in [0.05, 0.1) is 11.0 Å². The van der Waals surface area contributed by atoms with Crippen molar-refractivity contribution in [3.63, 3.8) is 0 Å². The second-order valence-electron chi connectivity index (χ2n) is 6.27. The third-order valence-electron chi connectivity index (χ3n) is 4.07. The molecule has 0 aromatic heterocycles. The van der Waals surface area contributed by atoms with Crippen LogP contribution in [0.2, 0.25) is 0 Å². The third-order valence-corrected chi connectivity index (χ3v) is 4.72. The lowest BCUT2D eigenvalue weighted by molar-refractivity contribution is 0.0963. The van der Waals surface area contributed by atoms with Gasteiger partial charge >= 0.3 is 0 Å². The Hall–Kier alpha value is -2.54. The van der Waals surface area contributed by atoms with Gasteiger partial charge in [0.1, 0.15) is 11.9 Å². The van der Waals surface area contributed by atoms with Crippen LogP contribution in [0.4, 0.5) is 0 Å². The minimum Gasteiger partial charge on any atom is -0.488 e. The number of para-hydroxylation sites is 1. The van der Waals surface area contributed by atoms with Gasteiger partial charge in [-0.05, 0) is 59.1 Å². The van der Waals surface area contributed by atoms with E-state index >= 15 is 0 Å². The topological polar surface area (TPSA) is 74.8 Å². The standard InChI is InChI=1S/C21H27BrN4O2/c1-15(28-19-10-5-4-9-18(19)22)14-26-21(24-3)25-12-11-16-7-6-8-17(13-16)20(27)23-2/h4-10,13,15H,11-12,14H2,1-3H3,(H,23,27)(H2,24,25,26). The maximum atomic E-state index is 11.7. The lowest BCUT2D eigenvalue weighted by Gasteiger charge is -2.18. The molecule has 0 fully saturated rings. The number of hydrogen-bond donors (Lipinski definition) is 3. The van der Waals surface area contributed by atoms with Crippen molar-refractivity contribution in [1.82, 2.24) is 16.0 Å². The van der Waals surface area contributed by atoms with E-state index < -0.39 is 0 Å². The predicted molar refractivity (Wildman–Crippen MR) is 117 cm³/mol. The Morgan fingerprint density at radius 3 is 2.68 bits per heavy atom. The summed E-state index contributed by atoms with van der Waals surface area (Å²) >= 11 is 3.49. The summed E-state index contributed by atoms with van der Waals surface area (Å²) in [5.74, 6) is 1.45. The first-order valence-corrected chi connectivity index (χ1v) is 9.99. The molecule has 0 aliphatic heterocycles. The van der Waals surface area contributed by atoms with E-state index in [4.69, 9.17) is 4.74 Å². The fourth-order valence-electron chi connectivity index (χ4n) is 2.60. The van der Waals surface area contributed by atoms with Crippen molar-refractivity contribution < 1.29 is 9.53 Å². The normalized spacial score (nSPS) is 12.2. The van der Waals surface area contributed by atoms with Crippen molar-refractivity contribution in [3.05, 3.63) is 64.1 Å². The summed E-state index contributed by atoms with van der Waals surface area (Å²) in [6.07, 6.45) is 0.760. The molecule has 28 heavy (non-hydrogen) atoms. The molecule has 0 bridgehead atoms. The van der Waals surface area contributed by atoms with Crippen LogP contribution in [0.5, 0.6) is 5.75 Å². The molecule has 0 spiro atoms. The molecule has 0 aliphatic carbocycles. The Labute approximate surface area is 174 Å². The summed E-state index contributed by atoms with van der Waals surface area (Å²) in [7, 11) is 3.37. The lowest BCUT2D eigenvalue weighted by atomic mass is 10.1. The SMILES string of the molecule is CN=C(NCCc1cccc(C(=O)NC)c1)NCC(C)Oc1ccccc1Br. The Bertz CT molecular complexity index is 810. The summed E-state index contributed by atoms with van der Waals surface area (Å²) < 4.78 is 6.86. The molecule has 1 amide bonds. The molecule has 7 heteroatoms. The highest BCUT2D eigenvalue weighted by molar-refractivity contribution is 9.10. The zero-order chi connectivity index (χ0) is 20.4. The zero-order valence-electron chi connectivity index (χ0n) is 16.5. The van der Waals surface area contributed by atoms with E-state index in [9.17, 15) is 4.79 Å². The number of hydrogen-bond acceptors (Lipinski definition) is 3. The van der Waals surface area contributed by atoms with Crippen LogP contribution in [0, 0.1) is 0 Å². The minimum absolute atomic E-state index is 0.0264. The van der Waals surface area contributed by atoms with Crippen molar-refractivity contribution in [3.8, 4) is 5.75 Å². The molecular formula is C21H27BrN4O2. The molecule has 0 radical (unpaired) electrons. The number of carbonyl (C=O) groups is 1. The van der Waals surface area contributed by atoms with Gasteiger partial charge in [0, 0.05) is 26.2 Å². The Morgan fingerprint density at radius 1 is 1.18 bits per heavy atom. The molecule has 3 N–H and O–H groups in total. The average molecular weight is 447 g/mol. The van der Waals surface area contributed by atoms with Crippen LogP contribution in [-0.2, 0) is 6.42 Å². The van der Waals surface area contributed by atoms with E-state index in [2.05, 4.69) is 36.9 Å². The first-order chi connectivity index (χ1) is 13.5. The molecule has 6 nitrogen and oxygen atoms in total. The largest absolute Gasteiger partial charge is 0.488 e. The summed E-state index contributed by atoms with van der Waals surface area (Å²) in [6, 6.07) is 15.4. The zero-order valence-corrected chi connectivity index (χ0v) is 18.0. The fourth-order valence-corrected chi connectivity index (χ4v) is 2.98. The number of nitrogens with one attached hydrogen (secondary N) is 3. The van der Waals surface area contributed by atoms with E-state index in [1.807, 2.05) is 55.5 Å². The molecule has 0 saturated heterocycles. The molecule has 1 atom stereocenters. The smallest absolute Gasteiger partial charge is 0.251 e. The van der Waals surface area contributed by atoms with Crippen LogP contribution in [0.1, 0.15) is 22.8 Å². The molecule has 0 heterocycles. The maximum Gasteiger partial charge on any atom is 0.251 e. The van der Waals surface area contributed by atoms with Crippen LogP contribution < -0.4 is 20.7 Å². The Kier molecular flexibility index (Phi) is 8.81. The number of benzene rings is 2. The number of aliphatic imine (C=N–C) groups is 1. The van der Waals surface area contributed by atoms with E-state index in [0.29, 0.717) is 24.6 Å². The monoisotopic (exact) mass is 446 g/mol. The number of carbonyl (C=O) groups excluding carboxylic acids is 1. The van der Waals surface area contributed by atoms with E-state index in [1.54, 1.807) is 14.1 Å². The highest BCUT2D eigenvalue weighted by Crippen LogP contribution is 2.24. The molecule has 150 valence electrons. The van der Waals surface area contributed by atoms with Crippen molar-refractivity contribution in [2.24, 2.45) is 4.99 Å². The Balaban J connectivity index is 1.77. The number of nitrogens with zero attached hydrogens (tertiary/aromatic N) is 1. The molecule has 0 aliphatic rings. The van der Waals surface area contributed by atoms with Gasteiger partial charge in [-0.1, -0.05) is 24.3 Å². The highest BCUT2D eigenvalue weighted by atomic mass is 79.9. The number of rotatable bonds is 8. The van der Waals surface area contributed by atoms with Gasteiger partial charge in [-0.2, -0.15) is 0 Å². The molecule has 2 rings (SSSR count). The number of guanidine groups is 1. The van der Waals surface area contributed by atoms with Gasteiger partial charge < -0.3 is 20.7 Å². The molecule has 0 saturated carbocycles. The highest BCUT2D eigenvalue weighted by Gasteiger charge is 2.08. The molecule has 1 unspecified atom stereocenters. The van der Waals surface area contributed by atoms with Crippen LogP contribution in [-0.4, -0.2) is 45.2 Å². The number of halogens is 1. The van der Waals surface area contributed by atoms with Gasteiger partial charge in [0.15, 0.2) is 5.96 Å². The van der Waals surface area contributed by atoms with Gasteiger partial charge in [-0.3, -0.25) is 9.79 Å². The average Bonchev–Trinajstić information content (AvgIpc) is 2.71. The summed E-state index contributed by atoms with van der Waals surface area (Å²) in [5.41, 5.74) is 1.76. The van der Waals surface area contributed by atoms with Crippen molar-refractivity contribution in [2.75, 3.05) is 27.2 Å². The minimum atomic E-state index is -0.0775. The second-order valence-corrected chi connectivity index (χ2v) is 7.12. The quantitative estimate of drug-likeness (QED) is 0.430. The number of amides is 1. The Morgan fingerprint density at radius 2 is 1.96 bits per heavy atom. The first kappa shape index (κ1) is 21.8. The fraction of sp³-hybridized carbons (Fsp3) is 0.333. The number of ether oxygens (including phenoxy) is 1. The van der Waals surface area contributed by atoms with E-state index in [1.165, 1.54) is 0 Å². The first-order valence-electron chi connectivity index (χ1n) is 9.20. The second kappa shape index (κ2) is 11.3. The van der Waals surface area contributed by atoms with E-state index in [0.717, 1.165) is 22.2 Å². The van der Waals surface area contributed by atoms with Crippen LogP contribution in [0.25, 0.3) is 0 Å². The maximum absolute atomic E-state index is 11.7. The lowest BCUT2D eigenvalue weighted by Crippen LogP contribution is -2.42. The molecule has 2 aromatic rings. The van der Waals surface area contributed by atoms with Gasteiger partial charge in [-0.15, -0.1) is 0 Å². The van der Waals surface area contributed by atoms with Crippen molar-refractivity contribution in [1.29, 1.82) is 0 Å². The predicted octanol–water partition coefficient (Wildman–Crippen LogP) is 2.98. The van der Waals surface area contributed by atoms with E-state index in [-0.39, 0.29) is 12.0 Å².